The molecule has 0 radical (unpaired) electrons. The van der Waals surface area contributed by atoms with Crippen LogP contribution in [-0.2, 0) is 11.2 Å². The summed E-state index contributed by atoms with van der Waals surface area (Å²) in [6.45, 7) is 0. The summed E-state index contributed by atoms with van der Waals surface area (Å²) in [5.41, 5.74) is 7.23. The molecule has 1 amide bonds. The van der Waals surface area contributed by atoms with Gasteiger partial charge in [0.15, 0.2) is 0 Å². The first-order chi connectivity index (χ1) is 12.0. The van der Waals surface area contributed by atoms with Gasteiger partial charge in [-0.1, -0.05) is 12.1 Å². The summed E-state index contributed by atoms with van der Waals surface area (Å²) >= 11 is 0. The minimum absolute atomic E-state index is 0.0464. The molecule has 3 rings (SSSR count). The van der Waals surface area contributed by atoms with E-state index in [-0.39, 0.29) is 23.9 Å². The van der Waals surface area contributed by atoms with E-state index in [0.29, 0.717) is 17.5 Å². The number of benzene rings is 2. The van der Waals surface area contributed by atoms with E-state index in [0.717, 1.165) is 5.56 Å². The molecule has 0 fully saturated rings. The first kappa shape index (κ1) is 16.6. The van der Waals surface area contributed by atoms with Crippen LogP contribution >= 0.6 is 0 Å². The highest BCUT2D eigenvalue weighted by Crippen LogP contribution is 2.29. The highest BCUT2D eigenvalue weighted by atomic mass is 19.1. The van der Waals surface area contributed by atoms with Gasteiger partial charge in [0.1, 0.15) is 11.6 Å². The number of nitrogens with one attached hydrogen (secondary N) is 1. The monoisotopic (exact) mass is 341 g/mol. The van der Waals surface area contributed by atoms with Crippen molar-refractivity contribution in [3.05, 3.63) is 59.4 Å². The number of tetrazole rings is 1. The van der Waals surface area contributed by atoms with Crippen molar-refractivity contribution >= 4 is 5.91 Å². The van der Waals surface area contributed by atoms with Crippen LogP contribution in [-0.4, -0.2) is 31.6 Å². The molecule has 7 nitrogen and oxygen atoms in total. The van der Waals surface area contributed by atoms with Gasteiger partial charge >= 0.3 is 0 Å². The Bertz CT molecular complexity index is 883. The van der Waals surface area contributed by atoms with Gasteiger partial charge in [0.25, 0.3) is 0 Å². The van der Waals surface area contributed by atoms with Gasteiger partial charge < -0.3 is 10.8 Å². The lowest BCUT2D eigenvalue weighted by molar-refractivity contribution is -0.118. The zero-order valence-corrected chi connectivity index (χ0v) is 13.2. The number of aromatic amines is 1. The molecule has 3 aromatic rings. The number of primary amides is 1. The SMILES string of the molecule is NC(=O)CC(Cc1cccc(O)c1)c1cc(F)cc(-c2nn[nH]n2)c1. The maximum atomic E-state index is 14.1. The molecule has 25 heavy (non-hydrogen) atoms. The van der Waals surface area contributed by atoms with Gasteiger partial charge in [-0.05, 0) is 59.0 Å². The summed E-state index contributed by atoms with van der Waals surface area (Å²) in [4.78, 5) is 11.5. The molecule has 1 aromatic heterocycles. The van der Waals surface area contributed by atoms with Crippen molar-refractivity contribution in [1.29, 1.82) is 0 Å². The quantitative estimate of drug-likeness (QED) is 0.633. The van der Waals surface area contributed by atoms with Crippen LogP contribution in [0.2, 0.25) is 0 Å². The second kappa shape index (κ2) is 7.08. The average Bonchev–Trinajstić information content (AvgIpc) is 3.08. The van der Waals surface area contributed by atoms with E-state index in [9.17, 15) is 14.3 Å². The lowest BCUT2D eigenvalue weighted by Crippen LogP contribution is -2.17. The Kier molecular flexibility index (Phi) is 4.69. The Hall–Kier alpha value is -3.29. The summed E-state index contributed by atoms with van der Waals surface area (Å²) in [6.07, 6.45) is 0.470. The third-order valence-corrected chi connectivity index (χ3v) is 3.84. The number of amides is 1. The Balaban J connectivity index is 1.97. The predicted octanol–water partition coefficient (Wildman–Crippen LogP) is 1.91. The molecule has 128 valence electrons. The molecule has 1 unspecified atom stereocenters. The number of carbonyl (C=O) groups is 1. The van der Waals surface area contributed by atoms with E-state index in [1.165, 1.54) is 12.1 Å². The molecule has 2 aromatic carbocycles. The van der Waals surface area contributed by atoms with E-state index in [1.54, 1.807) is 24.3 Å². The van der Waals surface area contributed by atoms with Crippen LogP contribution < -0.4 is 5.73 Å². The second-order valence-corrected chi connectivity index (χ2v) is 5.75. The topological polar surface area (TPSA) is 118 Å². The first-order valence-corrected chi connectivity index (χ1v) is 7.62. The largest absolute Gasteiger partial charge is 0.508 e. The van der Waals surface area contributed by atoms with Crippen molar-refractivity contribution in [3.63, 3.8) is 0 Å². The molecule has 1 atom stereocenters. The Morgan fingerprint density at radius 3 is 2.80 bits per heavy atom. The normalized spacial score (nSPS) is 12.0. The minimum atomic E-state index is -0.490. The molecule has 0 bridgehead atoms. The van der Waals surface area contributed by atoms with Crippen molar-refractivity contribution in [2.75, 3.05) is 0 Å². The van der Waals surface area contributed by atoms with Gasteiger partial charge in [0, 0.05) is 12.0 Å². The fourth-order valence-corrected chi connectivity index (χ4v) is 2.78. The molecule has 0 aliphatic rings. The molecular weight excluding hydrogens is 325 g/mol. The van der Waals surface area contributed by atoms with Crippen LogP contribution in [0.3, 0.4) is 0 Å². The van der Waals surface area contributed by atoms with Crippen molar-refractivity contribution in [1.82, 2.24) is 20.6 Å². The number of hydrogen-bond donors (Lipinski definition) is 3. The van der Waals surface area contributed by atoms with Crippen LogP contribution in [0.15, 0.2) is 42.5 Å². The molecule has 0 aliphatic carbocycles. The van der Waals surface area contributed by atoms with Crippen LogP contribution in [0, 0.1) is 5.82 Å². The third-order valence-electron chi connectivity index (χ3n) is 3.84. The van der Waals surface area contributed by atoms with E-state index >= 15 is 0 Å². The predicted molar refractivity (Wildman–Crippen MR) is 87.9 cm³/mol. The number of halogens is 1. The number of nitrogens with two attached hydrogens (primary N) is 1. The van der Waals surface area contributed by atoms with Crippen LogP contribution in [0.25, 0.3) is 11.4 Å². The molecular formula is C17H16FN5O2. The zero-order valence-electron chi connectivity index (χ0n) is 13.2. The lowest BCUT2D eigenvalue weighted by atomic mass is 9.88. The minimum Gasteiger partial charge on any atom is -0.508 e. The van der Waals surface area contributed by atoms with Gasteiger partial charge in [-0.15, -0.1) is 10.2 Å². The average molecular weight is 341 g/mol. The lowest BCUT2D eigenvalue weighted by Gasteiger charge is -2.17. The molecule has 1 heterocycles. The van der Waals surface area contributed by atoms with Crippen molar-refractivity contribution in [3.8, 4) is 17.1 Å². The Labute approximate surface area is 142 Å². The number of phenolic OH excluding ortho intramolecular Hbond substituents is 1. The van der Waals surface area contributed by atoms with Crippen molar-refractivity contribution < 1.29 is 14.3 Å². The highest BCUT2D eigenvalue weighted by molar-refractivity contribution is 5.75. The fraction of sp³-hybridized carbons (Fsp3) is 0.176. The third kappa shape index (κ3) is 4.17. The van der Waals surface area contributed by atoms with E-state index in [4.69, 9.17) is 5.73 Å². The van der Waals surface area contributed by atoms with Crippen LogP contribution in [0.4, 0.5) is 4.39 Å². The van der Waals surface area contributed by atoms with E-state index in [2.05, 4.69) is 20.6 Å². The summed E-state index contributed by atoms with van der Waals surface area (Å²) in [5.74, 6) is -0.920. The second-order valence-electron chi connectivity index (χ2n) is 5.75. The van der Waals surface area contributed by atoms with Crippen LogP contribution in [0.5, 0.6) is 5.75 Å². The van der Waals surface area contributed by atoms with Gasteiger partial charge in [0.2, 0.25) is 11.7 Å². The molecule has 0 saturated heterocycles. The summed E-state index contributed by atoms with van der Waals surface area (Å²) in [6, 6.07) is 11.1. The molecule has 0 saturated carbocycles. The number of carbonyl (C=O) groups excluding carboxylic acids is 1. The molecule has 4 N–H and O–H groups in total. The van der Waals surface area contributed by atoms with Gasteiger partial charge in [-0.25, -0.2) is 4.39 Å². The zero-order chi connectivity index (χ0) is 17.8. The van der Waals surface area contributed by atoms with Crippen molar-refractivity contribution in [2.24, 2.45) is 5.73 Å². The number of aromatic hydroxyl groups is 1. The number of nitrogens with zero attached hydrogens (tertiary/aromatic N) is 3. The first-order valence-electron chi connectivity index (χ1n) is 7.62. The maximum Gasteiger partial charge on any atom is 0.218 e. The van der Waals surface area contributed by atoms with E-state index in [1.807, 2.05) is 6.07 Å². The number of rotatable bonds is 6. The standard InChI is InChI=1S/C17H16FN5O2/c18-14-7-12(6-13(8-14)17-20-22-23-21-17)11(9-16(19)25)4-10-2-1-3-15(24)5-10/h1-3,5-8,11,24H,4,9H2,(H2,19,25)(H,20,21,22,23). The smallest absolute Gasteiger partial charge is 0.218 e. The van der Waals surface area contributed by atoms with Gasteiger partial charge in [-0.3, -0.25) is 4.79 Å². The van der Waals surface area contributed by atoms with Crippen molar-refractivity contribution in [2.45, 2.75) is 18.8 Å². The number of aromatic nitrogens is 4. The Morgan fingerprint density at radius 1 is 1.28 bits per heavy atom. The summed E-state index contributed by atoms with van der Waals surface area (Å²) in [7, 11) is 0. The fourth-order valence-electron chi connectivity index (χ4n) is 2.78. The van der Waals surface area contributed by atoms with Crippen LogP contribution in [0.1, 0.15) is 23.5 Å². The maximum absolute atomic E-state index is 14.1. The summed E-state index contributed by atoms with van der Waals surface area (Å²) < 4.78 is 14.1. The number of phenols is 1. The van der Waals surface area contributed by atoms with Gasteiger partial charge in [-0.2, -0.15) is 5.21 Å². The van der Waals surface area contributed by atoms with Gasteiger partial charge in [0.05, 0.1) is 0 Å². The van der Waals surface area contributed by atoms with E-state index < -0.39 is 11.7 Å². The summed E-state index contributed by atoms with van der Waals surface area (Å²) in [5, 5.41) is 23.1. The Morgan fingerprint density at radius 2 is 2.12 bits per heavy atom. The molecule has 0 aliphatic heterocycles. The number of hydrogen-bond acceptors (Lipinski definition) is 5. The highest BCUT2D eigenvalue weighted by Gasteiger charge is 2.18. The molecule has 8 heteroatoms. The number of H-pyrrole nitrogens is 1. The molecule has 0 spiro atoms.